The second-order valence-corrected chi connectivity index (χ2v) is 4.71. The highest BCUT2D eigenvalue weighted by Crippen LogP contribution is 2.18. The monoisotopic (exact) mass is 273 g/mol. The van der Waals surface area contributed by atoms with Gasteiger partial charge >= 0.3 is 0 Å². The highest BCUT2D eigenvalue weighted by molar-refractivity contribution is 5.75. The number of aromatic nitrogens is 2. The summed E-state index contributed by atoms with van der Waals surface area (Å²) in [7, 11) is 0. The summed E-state index contributed by atoms with van der Waals surface area (Å²) >= 11 is 0. The van der Waals surface area contributed by atoms with Crippen LogP contribution < -0.4 is 5.73 Å². The summed E-state index contributed by atoms with van der Waals surface area (Å²) in [5.41, 5.74) is 8.02. The van der Waals surface area contributed by atoms with E-state index in [1.807, 2.05) is 24.3 Å². The molecule has 20 heavy (non-hydrogen) atoms. The molecule has 0 saturated carbocycles. The lowest BCUT2D eigenvalue weighted by Crippen LogP contribution is -1.94. The van der Waals surface area contributed by atoms with Crippen molar-refractivity contribution in [2.75, 3.05) is 5.73 Å². The normalized spacial score (nSPS) is 11.1. The van der Waals surface area contributed by atoms with Crippen LogP contribution in [0.25, 0.3) is 11.0 Å². The van der Waals surface area contributed by atoms with E-state index in [9.17, 15) is 8.78 Å². The molecule has 0 aliphatic rings. The molecule has 1 aromatic heterocycles. The molecule has 0 atom stereocenters. The van der Waals surface area contributed by atoms with E-state index < -0.39 is 11.6 Å². The molecular formula is C15H13F2N3. The van der Waals surface area contributed by atoms with Gasteiger partial charge in [-0.15, -0.1) is 0 Å². The number of aromatic amines is 1. The van der Waals surface area contributed by atoms with Gasteiger partial charge in [0.25, 0.3) is 0 Å². The highest BCUT2D eigenvalue weighted by atomic mass is 19.1. The third-order valence-electron chi connectivity index (χ3n) is 3.18. The lowest BCUT2D eigenvalue weighted by molar-refractivity contribution is 0.590. The first-order valence-corrected chi connectivity index (χ1v) is 6.30. The molecule has 0 spiro atoms. The second-order valence-electron chi connectivity index (χ2n) is 4.71. The number of hydrogen-bond donors (Lipinski definition) is 2. The molecule has 3 aromatic rings. The second kappa shape index (κ2) is 4.92. The summed E-state index contributed by atoms with van der Waals surface area (Å²) in [6.07, 6.45) is 1.38. The molecule has 0 aliphatic heterocycles. The van der Waals surface area contributed by atoms with Crippen molar-refractivity contribution in [1.82, 2.24) is 9.97 Å². The molecule has 3 N–H and O–H groups in total. The number of anilines is 1. The van der Waals surface area contributed by atoms with Crippen LogP contribution in [0.4, 0.5) is 14.5 Å². The minimum atomic E-state index is -0.644. The van der Waals surface area contributed by atoms with Crippen LogP contribution in [-0.2, 0) is 12.8 Å². The fourth-order valence-corrected chi connectivity index (χ4v) is 2.16. The van der Waals surface area contributed by atoms with Gasteiger partial charge in [-0.2, -0.15) is 0 Å². The van der Waals surface area contributed by atoms with Crippen molar-refractivity contribution < 1.29 is 8.78 Å². The van der Waals surface area contributed by atoms with E-state index in [4.69, 9.17) is 5.73 Å². The molecule has 0 bridgehead atoms. The number of halogens is 2. The first-order valence-electron chi connectivity index (χ1n) is 6.30. The predicted octanol–water partition coefficient (Wildman–Crippen LogP) is 3.21. The Hall–Kier alpha value is -2.43. The van der Waals surface area contributed by atoms with Gasteiger partial charge in [0, 0.05) is 18.2 Å². The molecule has 0 unspecified atom stereocenters. The number of nitrogens with one attached hydrogen (secondary N) is 1. The van der Waals surface area contributed by atoms with E-state index in [1.165, 1.54) is 6.07 Å². The topological polar surface area (TPSA) is 54.7 Å². The Morgan fingerprint density at radius 2 is 1.80 bits per heavy atom. The lowest BCUT2D eigenvalue weighted by Gasteiger charge is -1.99. The maximum atomic E-state index is 13.5. The van der Waals surface area contributed by atoms with Gasteiger partial charge in [-0.1, -0.05) is 12.1 Å². The van der Waals surface area contributed by atoms with Crippen LogP contribution in [0, 0.1) is 11.6 Å². The fourth-order valence-electron chi connectivity index (χ4n) is 2.16. The molecule has 0 fully saturated rings. The smallest absolute Gasteiger partial charge is 0.153 e. The first-order chi connectivity index (χ1) is 9.61. The van der Waals surface area contributed by atoms with Crippen molar-refractivity contribution in [3.05, 3.63) is 59.4 Å². The third-order valence-corrected chi connectivity index (χ3v) is 3.18. The Kier molecular flexibility index (Phi) is 3.10. The summed E-state index contributed by atoms with van der Waals surface area (Å²) in [5, 5.41) is 0. The SMILES string of the molecule is Nc1ccc(CCc2nc3c(F)cc(F)cc3[nH]2)cc1. The van der Waals surface area contributed by atoms with Crippen LogP contribution in [0.1, 0.15) is 11.4 Å². The lowest BCUT2D eigenvalue weighted by atomic mass is 10.1. The Morgan fingerprint density at radius 3 is 2.55 bits per heavy atom. The molecule has 5 heteroatoms. The minimum absolute atomic E-state index is 0.179. The molecule has 3 nitrogen and oxygen atoms in total. The number of imidazole rings is 1. The average Bonchev–Trinajstić information content (AvgIpc) is 2.81. The van der Waals surface area contributed by atoms with Crippen LogP contribution in [0.3, 0.4) is 0 Å². The van der Waals surface area contributed by atoms with Gasteiger partial charge in [0.2, 0.25) is 0 Å². The van der Waals surface area contributed by atoms with Crippen LogP contribution in [0.2, 0.25) is 0 Å². The number of H-pyrrole nitrogens is 1. The maximum absolute atomic E-state index is 13.5. The number of rotatable bonds is 3. The van der Waals surface area contributed by atoms with Crippen LogP contribution in [-0.4, -0.2) is 9.97 Å². The van der Waals surface area contributed by atoms with Crippen LogP contribution in [0.5, 0.6) is 0 Å². The summed E-state index contributed by atoms with van der Waals surface area (Å²) in [4.78, 5) is 7.11. The zero-order valence-electron chi connectivity index (χ0n) is 10.7. The van der Waals surface area contributed by atoms with Crippen molar-refractivity contribution in [1.29, 1.82) is 0 Å². The van der Waals surface area contributed by atoms with Crippen LogP contribution >= 0.6 is 0 Å². The van der Waals surface area contributed by atoms with Crippen molar-refractivity contribution in [2.24, 2.45) is 0 Å². The molecular weight excluding hydrogens is 260 g/mol. The molecule has 0 radical (unpaired) electrons. The predicted molar refractivity (Wildman–Crippen MR) is 74.3 cm³/mol. The third kappa shape index (κ3) is 2.47. The van der Waals surface area contributed by atoms with E-state index in [-0.39, 0.29) is 5.52 Å². The van der Waals surface area contributed by atoms with E-state index in [2.05, 4.69) is 9.97 Å². The zero-order valence-corrected chi connectivity index (χ0v) is 10.7. The number of fused-ring (bicyclic) bond motifs is 1. The maximum Gasteiger partial charge on any atom is 0.153 e. The van der Waals surface area contributed by atoms with Crippen molar-refractivity contribution in [3.63, 3.8) is 0 Å². The molecule has 0 aliphatic carbocycles. The number of aryl methyl sites for hydroxylation is 2. The standard InChI is InChI=1S/C15H13F2N3/c16-10-7-12(17)15-13(8-10)19-14(20-15)6-3-9-1-4-11(18)5-2-9/h1-2,4-5,7-8H,3,6,18H2,(H,19,20). The Labute approximate surface area is 114 Å². The highest BCUT2D eigenvalue weighted by Gasteiger charge is 2.09. The number of nitrogen functional groups attached to an aromatic ring is 1. The summed E-state index contributed by atoms with van der Waals surface area (Å²) in [6.45, 7) is 0. The summed E-state index contributed by atoms with van der Waals surface area (Å²) < 4.78 is 26.6. The van der Waals surface area contributed by atoms with Crippen LogP contribution in [0.15, 0.2) is 36.4 Å². The Morgan fingerprint density at radius 1 is 1.05 bits per heavy atom. The summed E-state index contributed by atoms with van der Waals surface area (Å²) in [5.74, 6) is -0.611. The molecule has 102 valence electrons. The van der Waals surface area contributed by atoms with Gasteiger partial charge in [-0.25, -0.2) is 13.8 Å². The van der Waals surface area contributed by atoms with E-state index in [0.717, 1.165) is 23.7 Å². The first kappa shape index (κ1) is 12.6. The summed E-state index contributed by atoms with van der Waals surface area (Å²) in [6, 6.07) is 9.65. The van der Waals surface area contributed by atoms with Gasteiger partial charge in [0.1, 0.15) is 17.2 Å². The number of nitrogens with zero attached hydrogens (tertiary/aromatic N) is 1. The van der Waals surface area contributed by atoms with E-state index in [1.54, 1.807) is 0 Å². The van der Waals surface area contributed by atoms with Gasteiger partial charge in [-0.3, -0.25) is 0 Å². The van der Waals surface area contributed by atoms with Gasteiger partial charge < -0.3 is 10.7 Å². The Balaban J connectivity index is 1.81. The van der Waals surface area contributed by atoms with Gasteiger partial charge in [0.05, 0.1) is 5.52 Å². The molecule has 2 aromatic carbocycles. The molecule has 0 saturated heterocycles. The van der Waals surface area contributed by atoms with E-state index >= 15 is 0 Å². The van der Waals surface area contributed by atoms with Crippen molar-refractivity contribution >= 4 is 16.7 Å². The Bertz CT molecular complexity index is 748. The van der Waals surface area contributed by atoms with Gasteiger partial charge in [-0.05, 0) is 30.2 Å². The largest absolute Gasteiger partial charge is 0.399 e. The number of hydrogen-bond acceptors (Lipinski definition) is 2. The van der Waals surface area contributed by atoms with E-state index in [0.29, 0.717) is 17.8 Å². The zero-order chi connectivity index (χ0) is 14.1. The fraction of sp³-hybridized carbons (Fsp3) is 0.133. The molecule has 0 amide bonds. The minimum Gasteiger partial charge on any atom is -0.399 e. The molecule has 3 rings (SSSR count). The average molecular weight is 273 g/mol. The van der Waals surface area contributed by atoms with Crippen molar-refractivity contribution in [3.8, 4) is 0 Å². The van der Waals surface area contributed by atoms with Crippen molar-refractivity contribution in [2.45, 2.75) is 12.8 Å². The quantitative estimate of drug-likeness (QED) is 0.720. The van der Waals surface area contributed by atoms with Gasteiger partial charge in [0.15, 0.2) is 5.82 Å². The number of nitrogens with two attached hydrogens (primary N) is 1. The molecule has 1 heterocycles. The number of benzene rings is 2.